The van der Waals surface area contributed by atoms with Crippen LogP contribution in [0.1, 0.15) is 71.6 Å². The maximum atomic E-state index is 2.52. The van der Waals surface area contributed by atoms with Gasteiger partial charge >= 0.3 is 0 Å². The Morgan fingerprint density at radius 2 is 1.71 bits per heavy atom. The Kier molecular flexibility index (Phi) is 7.92. The number of hydrogen-bond donors (Lipinski definition) is 0. The van der Waals surface area contributed by atoms with Gasteiger partial charge in [-0.1, -0.05) is 65.2 Å². The highest BCUT2D eigenvalue weighted by Gasteiger charge is 2.26. The molecule has 1 nitrogen and oxygen atoms in total. The molecule has 1 aliphatic rings. The summed E-state index contributed by atoms with van der Waals surface area (Å²) in [7, 11) is 2.29. The minimum absolute atomic E-state index is 1.01. The van der Waals surface area contributed by atoms with E-state index in [1.54, 1.807) is 0 Å². The van der Waals surface area contributed by atoms with Crippen LogP contribution in [0, 0.1) is 11.8 Å². The Morgan fingerprint density at radius 1 is 1.00 bits per heavy atom. The predicted octanol–water partition coefficient (Wildman–Crippen LogP) is 4.71. The van der Waals surface area contributed by atoms with Crippen LogP contribution in [0.4, 0.5) is 0 Å². The van der Waals surface area contributed by atoms with E-state index in [-0.39, 0.29) is 0 Å². The molecule has 0 aromatic rings. The lowest BCUT2D eigenvalue weighted by molar-refractivity contribution is 0.275. The Morgan fingerprint density at radius 3 is 2.29 bits per heavy atom. The number of hydrogen-bond acceptors (Lipinski definition) is 1. The summed E-state index contributed by atoms with van der Waals surface area (Å²) in [6, 6.07) is 0. The van der Waals surface area contributed by atoms with E-state index in [9.17, 15) is 0 Å². The third-order valence-corrected chi connectivity index (χ3v) is 4.45. The number of unbranched alkanes of at least 4 members (excludes halogenated alkanes) is 4. The second-order valence-electron chi connectivity index (χ2n) is 6.06. The average molecular weight is 239 g/mol. The molecule has 1 heterocycles. The lowest BCUT2D eigenvalue weighted by atomic mass is 9.83. The average Bonchev–Trinajstić information content (AvgIpc) is 2.75. The van der Waals surface area contributed by atoms with Crippen molar-refractivity contribution < 1.29 is 0 Å². The highest BCUT2D eigenvalue weighted by Crippen LogP contribution is 2.31. The molecule has 0 aromatic heterocycles. The molecule has 1 rings (SSSR count). The van der Waals surface area contributed by atoms with Crippen molar-refractivity contribution in [1.82, 2.24) is 4.90 Å². The fraction of sp³-hybridized carbons (Fsp3) is 1.00. The van der Waals surface area contributed by atoms with Crippen molar-refractivity contribution in [2.24, 2.45) is 11.8 Å². The normalized spacial score (nSPS) is 23.1. The van der Waals surface area contributed by atoms with Gasteiger partial charge in [0.25, 0.3) is 0 Å². The quantitative estimate of drug-likeness (QED) is 0.526. The molecule has 0 radical (unpaired) electrons. The molecule has 102 valence electrons. The SMILES string of the molecule is CCCCCCC(CCCC)[C@@H]1CCN(C)C1. The van der Waals surface area contributed by atoms with Gasteiger partial charge < -0.3 is 4.90 Å². The van der Waals surface area contributed by atoms with Crippen LogP contribution in [0.2, 0.25) is 0 Å². The van der Waals surface area contributed by atoms with Crippen molar-refractivity contribution in [3.05, 3.63) is 0 Å². The zero-order chi connectivity index (χ0) is 12.5. The number of rotatable bonds is 9. The van der Waals surface area contributed by atoms with Gasteiger partial charge in [0.05, 0.1) is 0 Å². The molecule has 2 atom stereocenters. The molecule has 0 aliphatic carbocycles. The van der Waals surface area contributed by atoms with Crippen molar-refractivity contribution in [2.45, 2.75) is 71.6 Å². The molecule has 0 bridgehead atoms. The zero-order valence-corrected chi connectivity index (χ0v) is 12.4. The van der Waals surface area contributed by atoms with Gasteiger partial charge in [-0.2, -0.15) is 0 Å². The summed E-state index contributed by atoms with van der Waals surface area (Å²) in [6.45, 7) is 7.33. The molecule has 1 unspecified atom stereocenters. The second-order valence-corrected chi connectivity index (χ2v) is 6.06. The Hall–Kier alpha value is -0.0400. The van der Waals surface area contributed by atoms with E-state index in [0.29, 0.717) is 0 Å². The van der Waals surface area contributed by atoms with Gasteiger partial charge in [-0.05, 0) is 31.8 Å². The highest BCUT2D eigenvalue weighted by molar-refractivity contribution is 4.79. The second kappa shape index (κ2) is 8.97. The van der Waals surface area contributed by atoms with E-state index < -0.39 is 0 Å². The van der Waals surface area contributed by atoms with Gasteiger partial charge in [0.15, 0.2) is 0 Å². The summed E-state index contributed by atoms with van der Waals surface area (Å²) >= 11 is 0. The fourth-order valence-electron chi connectivity index (χ4n) is 3.27. The summed E-state index contributed by atoms with van der Waals surface area (Å²) < 4.78 is 0. The largest absolute Gasteiger partial charge is 0.306 e. The minimum Gasteiger partial charge on any atom is -0.306 e. The van der Waals surface area contributed by atoms with Crippen molar-refractivity contribution in [3.63, 3.8) is 0 Å². The Bertz CT molecular complexity index is 178. The summed E-state index contributed by atoms with van der Waals surface area (Å²) in [5.74, 6) is 2.03. The van der Waals surface area contributed by atoms with E-state index in [2.05, 4.69) is 25.8 Å². The van der Waals surface area contributed by atoms with Gasteiger partial charge in [-0.25, -0.2) is 0 Å². The Labute approximate surface area is 109 Å². The molecule has 1 fully saturated rings. The predicted molar refractivity (Wildman–Crippen MR) is 77.4 cm³/mol. The van der Waals surface area contributed by atoms with E-state index >= 15 is 0 Å². The van der Waals surface area contributed by atoms with Crippen LogP contribution >= 0.6 is 0 Å². The third-order valence-electron chi connectivity index (χ3n) is 4.45. The van der Waals surface area contributed by atoms with Crippen LogP contribution in [0.3, 0.4) is 0 Å². The monoisotopic (exact) mass is 239 g/mol. The van der Waals surface area contributed by atoms with Crippen molar-refractivity contribution in [1.29, 1.82) is 0 Å². The number of nitrogens with zero attached hydrogens (tertiary/aromatic N) is 1. The molecule has 1 aliphatic heterocycles. The molecule has 0 N–H and O–H groups in total. The van der Waals surface area contributed by atoms with E-state index in [0.717, 1.165) is 11.8 Å². The molecule has 0 spiro atoms. The van der Waals surface area contributed by atoms with Crippen LogP contribution in [0.25, 0.3) is 0 Å². The topological polar surface area (TPSA) is 3.24 Å². The van der Waals surface area contributed by atoms with Gasteiger partial charge in [-0.3, -0.25) is 0 Å². The maximum Gasteiger partial charge on any atom is 0.000973 e. The standard InChI is InChI=1S/C16H33N/c1-4-6-8-9-11-15(10-7-5-2)16-12-13-17(3)14-16/h15-16H,4-14H2,1-3H3/t15?,16-/m1/s1. The van der Waals surface area contributed by atoms with Crippen molar-refractivity contribution in [2.75, 3.05) is 20.1 Å². The smallest absolute Gasteiger partial charge is 0.000973 e. The molecule has 0 amide bonds. The first-order chi connectivity index (χ1) is 8.27. The van der Waals surface area contributed by atoms with E-state index in [1.807, 2.05) is 0 Å². The van der Waals surface area contributed by atoms with Crippen molar-refractivity contribution >= 4 is 0 Å². The first kappa shape index (κ1) is 15.0. The molecule has 1 saturated heterocycles. The van der Waals surface area contributed by atoms with Gasteiger partial charge in [0.1, 0.15) is 0 Å². The molecule has 1 heteroatoms. The van der Waals surface area contributed by atoms with Crippen molar-refractivity contribution in [3.8, 4) is 0 Å². The van der Waals surface area contributed by atoms with Crippen LogP contribution in [-0.4, -0.2) is 25.0 Å². The van der Waals surface area contributed by atoms with Crippen LogP contribution in [0.15, 0.2) is 0 Å². The maximum absolute atomic E-state index is 2.52. The lowest BCUT2D eigenvalue weighted by Gasteiger charge is -2.23. The third kappa shape index (κ3) is 5.90. The summed E-state index contributed by atoms with van der Waals surface area (Å²) in [4.78, 5) is 2.52. The Balaban J connectivity index is 2.26. The van der Waals surface area contributed by atoms with Gasteiger partial charge in [0.2, 0.25) is 0 Å². The molecule has 17 heavy (non-hydrogen) atoms. The van der Waals surface area contributed by atoms with E-state index in [1.165, 1.54) is 70.9 Å². The number of likely N-dealkylation sites (tertiary alicyclic amines) is 1. The van der Waals surface area contributed by atoms with Crippen LogP contribution in [-0.2, 0) is 0 Å². The fourth-order valence-corrected chi connectivity index (χ4v) is 3.27. The highest BCUT2D eigenvalue weighted by atomic mass is 15.1. The first-order valence-electron chi connectivity index (χ1n) is 7.96. The molecular weight excluding hydrogens is 206 g/mol. The lowest BCUT2D eigenvalue weighted by Crippen LogP contribution is -2.20. The van der Waals surface area contributed by atoms with Crippen LogP contribution in [0.5, 0.6) is 0 Å². The summed E-state index contributed by atoms with van der Waals surface area (Å²) in [5.41, 5.74) is 0. The van der Waals surface area contributed by atoms with Gasteiger partial charge in [-0.15, -0.1) is 0 Å². The molecule has 0 aromatic carbocycles. The zero-order valence-electron chi connectivity index (χ0n) is 12.4. The first-order valence-corrected chi connectivity index (χ1v) is 7.96. The summed E-state index contributed by atoms with van der Waals surface area (Å²) in [6.07, 6.45) is 13.0. The van der Waals surface area contributed by atoms with Gasteiger partial charge in [0, 0.05) is 6.54 Å². The molecule has 0 saturated carbocycles. The molecular formula is C16H33N. The van der Waals surface area contributed by atoms with Crippen LogP contribution < -0.4 is 0 Å². The van der Waals surface area contributed by atoms with E-state index in [4.69, 9.17) is 0 Å². The summed E-state index contributed by atoms with van der Waals surface area (Å²) in [5, 5.41) is 0. The minimum atomic E-state index is 1.01.